The van der Waals surface area contributed by atoms with Gasteiger partial charge in [-0.1, -0.05) is 23.2 Å². The minimum absolute atomic E-state index is 0. The normalized spacial score (nSPS) is 9.59. The molecular weight excluding hydrogens is 279 g/mol. The van der Waals surface area contributed by atoms with E-state index in [2.05, 4.69) is 0 Å². The lowest BCUT2D eigenvalue weighted by molar-refractivity contribution is 1.09. The molecule has 2 aromatic carbocycles. The summed E-state index contributed by atoms with van der Waals surface area (Å²) < 4.78 is 0. The van der Waals surface area contributed by atoms with Gasteiger partial charge in [-0.15, -0.1) is 12.4 Å². The third kappa shape index (κ3) is 3.51. The van der Waals surface area contributed by atoms with E-state index >= 15 is 0 Å². The highest BCUT2D eigenvalue weighted by atomic mass is 35.5. The fraction of sp³-hybridized carbons (Fsp3) is 0. The van der Waals surface area contributed by atoms with Crippen molar-refractivity contribution in [3.05, 3.63) is 58.6 Å². The molecule has 0 atom stereocenters. The van der Waals surface area contributed by atoms with Gasteiger partial charge in [0.05, 0.1) is 11.4 Å². The molecule has 0 fully saturated rings. The molecule has 0 saturated heterocycles. The highest BCUT2D eigenvalue weighted by Gasteiger charge is 2.03. The van der Waals surface area contributed by atoms with Gasteiger partial charge in [-0.2, -0.15) is 0 Å². The van der Waals surface area contributed by atoms with Gasteiger partial charge in [-0.3, -0.25) is 5.01 Å². The maximum Gasteiger partial charge on any atom is 0.0576 e. The van der Waals surface area contributed by atoms with Crippen LogP contribution < -0.4 is 10.9 Å². The first-order valence-electron chi connectivity index (χ1n) is 4.73. The van der Waals surface area contributed by atoms with Crippen LogP contribution in [-0.2, 0) is 0 Å². The quantitative estimate of drug-likeness (QED) is 0.655. The molecule has 0 aliphatic heterocycles. The zero-order valence-electron chi connectivity index (χ0n) is 8.81. The molecule has 0 unspecified atom stereocenters. The Balaban J connectivity index is 0.00000144. The van der Waals surface area contributed by atoms with Crippen LogP contribution in [0.25, 0.3) is 0 Å². The third-order valence-electron chi connectivity index (χ3n) is 2.21. The predicted octanol–water partition coefficient (Wildman–Crippen LogP) is 4.43. The van der Waals surface area contributed by atoms with E-state index in [1.54, 1.807) is 29.3 Å². The first-order valence-corrected chi connectivity index (χ1v) is 5.48. The Labute approximate surface area is 116 Å². The Kier molecular flexibility index (Phi) is 5.09. The lowest BCUT2D eigenvalue weighted by Crippen LogP contribution is -2.24. The summed E-state index contributed by atoms with van der Waals surface area (Å²) in [6.07, 6.45) is 0. The molecule has 0 bridgehead atoms. The fourth-order valence-corrected chi connectivity index (χ4v) is 1.60. The topological polar surface area (TPSA) is 29.3 Å². The van der Waals surface area contributed by atoms with Crippen LogP contribution in [0.2, 0.25) is 10.0 Å². The number of benzene rings is 2. The van der Waals surface area contributed by atoms with E-state index in [-0.39, 0.29) is 12.4 Å². The maximum absolute atomic E-state index is 5.96. The van der Waals surface area contributed by atoms with Crippen LogP contribution in [0, 0.1) is 0 Å². The number of rotatable bonds is 2. The van der Waals surface area contributed by atoms with Gasteiger partial charge in [0.25, 0.3) is 0 Å². The van der Waals surface area contributed by atoms with Crippen molar-refractivity contribution >= 4 is 47.0 Å². The van der Waals surface area contributed by atoms with Crippen molar-refractivity contribution in [1.82, 2.24) is 0 Å². The summed E-state index contributed by atoms with van der Waals surface area (Å²) in [5.74, 6) is 5.96. The van der Waals surface area contributed by atoms with E-state index in [0.29, 0.717) is 10.0 Å². The standard InChI is InChI=1S/C12H10Cl2N2.ClH/c13-9-1-5-11(6-2-9)16(15)12-7-3-10(14)4-8-12;/h1-8H,15H2;1H. The van der Waals surface area contributed by atoms with Gasteiger partial charge in [0.2, 0.25) is 0 Å². The van der Waals surface area contributed by atoms with Crippen molar-refractivity contribution in [2.45, 2.75) is 0 Å². The van der Waals surface area contributed by atoms with Crippen LogP contribution in [0.4, 0.5) is 11.4 Å². The summed E-state index contributed by atoms with van der Waals surface area (Å²) >= 11 is 11.6. The average molecular weight is 290 g/mol. The Morgan fingerprint density at radius 2 is 1.00 bits per heavy atom. The Hall–Kier alpha value is -0.930. The molecular formula is C12H11Cl3N2. The van der Waals surface area contributed by atoms with E-state index in [4.69, 9.17) is 29.0 Å². The molecule has 2 rings (SSSR count). The van der Waals surface area contributed by atoms with Crippen LogP contribution in [0.15, 0.2) is 48.5 Å². The minimum atomic E-state index is 0. The molecule has 2 aromatic rings. The van der Waals surface area contributed by atoms with Crippen LogP contribution in [-0.4, -0.2) is 0 Å². The van der Waals surface area contributed by atoms with Crippen LogP contribution >= 0.6 is 35.6 Å². The van der Waals surface area contributed by atoms with Gasteiger partial charge in [-0.25, -0.2) is 5.84 Å². The lowest BCUT2D eigenvalue weighted by Gasteiger charge is -2.18. The summed E-state index contributed by atoms with van der Waals surface area (Å²) in [5.41, 5.74) is 1.73. The number of nitrogens with two attached hydrogens (primary N) is 1. The molecule has 0 spiro atoms. The summed E-state index contributed by atoms with van der Waals surface area (Å²) in [6, 6.07) is 14.6. The van der Waals surface area contributed by atoms with Crippen molar-refractivity contribution in [2.24, 2.45) is 5.84 Å². The van der Waals surface area contributed by atoms with E-state index in [1.807, 2.05) is 24.3 Å². The first-order chi connectivity index (χ1) is 7.66. The Morgan fingerprint density at radius 3 is 1.29 bits per heavy atom. The number of halogens is 3. The highest BCUT2D eigenvalue weighted by Crippen LogP contribution is 2.24. The van der Waals surface area contributed by atoms with Crippen molar-refractivity contribution in [2.75, 3.05) is 5.01 Å². The predicted molar refractivity (Wildman–Crippen MR) is 76.5 cm³/mol. The number of anilines is 2. The minimum Gasteiger partial charge on any atom is -0.280 e. The van der Waals surface area contributed by atoms with Gasteiger partial charge >= 0.3 is 0 Å². The summed E-state index contributed by atoms with van der Waals surface area (Å²) in [6.45, 7) is 0. The van der Waals surface area contributed by atoms with Gasteiger partial charge in [0.15, 0.2) is 0 Å². The van der Waals surface area contributed by atoms with Crippen molar-refractivity contribution in [1.29, 1.82) is 0 Å². The van der Waals surface area contributed by atoms with Gasteiger partial charge < -0.3 is 0 Å². The number of nitrogens with zero attached hydrogens (tertiary/aromatic N) is 1. The molecule has 0 aromatic heterocycles. The number of hydrogen-bond donors (Lipinski definition) is 1. The molecule has 0 heterocycles. The molecule has 2 nitrogen and oxygen atoms in total. The largest absolute Gasteiger partial charge is 0.280 e. The van der Waals surface area contributed by atoms with Crippen LogP contribution in [0.5, 0.6) is 0 Å². The van der Waals surface area contributed by atoms with E-state index in [0.717, 1.165) is 11.4 Å². The van der Waals surface area contributed by atoms with E-state index < -0.39 is 0 Å². The molecule has 5 heteroatoms. The van der Waals surface area contributed by atoms with Crippen molar-refractivity contribution in [3.8, 4) is 0 Å². The third-order valence-corrected chi connectivity index (χ3v) is 2.71. The Bertz CT molecular complexity index is 423. The monoisotopic (exact) mass is 288 g/mol. The number of hydrogen-bond acceptors (Lipinski definition) is 2. The second-order valence-corrected chi connectivity index (χ2v) is 4.20. The Morgan fingerprint density at radius 1 is 0.706 bits per heavy atom. The molecule has 0 radical (unpaired) electrons. The van der Waals surface area contributed by atoms with E-state index in [9.17, 15) is 0 Å². The van der Waals surface area contributed by atoms with E-state index in [1.165, 1.54) is 0 Å². The molecule has 0 saturated carbocycles. The zero-order chi connectivity index (χ0) is 11.5. The fourth-order valence-electron chi connectivity index (χ4n) is 1.35. The lowest BCUT2D eigenvalue weighted by atomic mass is 10.2. The maximum atomic E-state index is 5.96. The van der Waals surface area contributed by atoms with Crippen molar-refractivity contribution < 1.29 is 0 Å². The molecule has 2 N–H and O–H groups in total. The zero-order valence-corrected chi connectivity index (χ0v) is 11.1. The average Bonchev–Trinajstić information content (AvgIpc) is 2.30. The van der Waals surface area contributed by atoms with Crippen LogP contribution in [0.1, 0.15) is 0 Å². The van der Waals surface area contributed by atoms with Crippen LogP contribution in [0.3, 0.4) is 0 Å². The van der Waals surface area contributed by atoms with Gasteiger partial charge in [0, 0.05) is 10.0 Å². The summed E-state index contributed by atoms with van der Waals surface area (Å²) in [4.78, 5) is 0. The highest BCUT2D eigenvalue weighted by molar-refractivity contribution is 6.31. The van der Waals surface area contributed by atoms with Gasteiger partial charge in [-0.05, 0) is 48.5 Å². The molecule has 0 aliphatic rings. The second kappa shape index (κ2) is 6.12. The van der Waals surface area contributed by atoms with Crippen molar-refractivity contribution in [3.63, 3.8) is 0 Å². The molecule has 90 valence electrons. The number of hydrazine groups is 1. The first kappa shape index (κ1) is 14.1. The molecule has 0 aliphatic carbocycles. The SMILES string of the molecule is Cl.NN(c1ccc(Cl)cc1)c1ccc(Cl)cc1. The summed E-state index contributed by atoms with van der Waals surface area (Å²) in [5, 5.41) is 2.95. The van der Waals surface area contributed by atoms with Gasteiger partial charge in [0.1, 0.15) is 0 Å². The smallest absolute Gasteiger partial charge is 0.0576 e. The summed E-state index contributed by atoms with van der Waals surface area (Å²) in [7, 11) is 0. The molecule has 0 amide bonds. The molecule has 17 heavy (non-hydrogen) atoms. The second-order valence-electron chi connectivity index (χ2n) is 3.32.